The van der Waals surface area contributed by atoms with Crippen molar-refractivity contribution in [3.8, 4) is 6.07 Å². The molecule has 0 aliphatic carbocycles. The van der Waals surface area contributed by atoms with Gasteiger partial charge in [0.2, 0.25) is 0 Å². The molecule has 0 spiro atoms. The molecular formula is C29H30F2N6O. The van der Waals surface area contributed by atoms with Crippen LogP contribution in [0.1, 0.15) is 35.2 Å². The molecule has 9 heteroatoms. The van der Waals surface area contributed by atoms with Gasteiger partial charge < -0.3 is 9.80 Å². The van der Waals surface area contributed by atoms with E-state index < -0.39 is 23.5 Å². The third-order valence-corrected chi connectivity index (χ3v) is 7.78. The van der Waals surface area contributed by atoms with Gasteiger partial charge in [0, 0.05) is 37.3 Å². The Bertz CT molecular complexity index is 1530. The molecule has 2 aliphatic heterocycles. The van der Waals surface area contributed by atoms with Crippen molar-refractivity contribution in [2.24, 2.45) is 18.0 Å². The van der Waals surface area contributed by atoms with E-state index in [4.69, 9.17) is 5.26 Å². The minimum Gasteiger partial charge on any atom is -0.336 e. The van der Waals surface area contributed by atoms with E-state index in [0.29, 0.717) is 37.2 Å². The van der Waals surface area contributed by atoms with E-state index in [9.17, 15) is 9.18 Å². The fraction of sp³-hybridized carbons (Fsp3) is 0.379. The van der Waals surface area contributed by atoms with Crippen LogP contribution in [0.4, 0.5) is 8.78 Å². The van der Waals surface area contributed by atoms with Gasteiger partial charge >= 0.3 is 0 Å². The lowest BCUT2D eigenvalue weighted by Crippen LogP contribution is -2.35. The maximum absolute atomic E-state index is 16.0. The molecule has 0 radical (unpaired) electrons. The average molecular weight is 517 g/mol. The Morgan fingerprint density at radius 1 is 1.21 bits per heavy atom. The highest BCUT2D eigenvalue weighted by Gasteiger charge is 2.38. The number of likely N-dealkylation sites (N-methyl/N-ethyl adjacent to an activating group) is 1. The summed E-state index contributed by atoms with van der Waals surface area (Å²) in [4.78, 5) is 21.5. The molecule has 1 aromatic heterocycles. The molecular weight excluding hydrogens is 486 g/mol. The summed E-state index contributed by atoms with van der Waals surface area (Å²) in [5, 5.41) is 14.6. The summed E-state index contributed by atoms with van der Waals surface area (Å²) >= 11 is 0. The van der Waals surface area contributed by atoms with Crippen LogP contribution in [-0.4, -0.2) is 64.4 Å². The van der Waals surface area contributed by atoms with Gasteiger partial charge in [-0.1, -0.05) is 12.1 Å². The predicted molar refractivity (Wildman–Crippen MR) is 142 cm³/mol. The van der Waals surface area contributed by atoms with Gasteiger partial charge in [-0.05, 0) is 75.7 Å². The quantitative estimate of drug-likeness (QED) is 0.490. The van der Waals surface area contributed by atoms with Crippen molar-refractivity contribution in [2.75, 3.05) is 27.2 Å². The largest absolute Gasteiger partial charge is 0.336 e. The van der Waals surface area contributed by atoms with Crippen molar-refractivity contribution in [3.05, 3.63) is 76.1 Å². The highest BCUT2D eigenvalue weighted by atomic mass is 19.1. The number of fused-ring (bicyclic) bond motifs is 1. The van der Waals surface area contributed by atoms with Gasteiger partial charge in [0.05, 0.1) is 22.7 Å². The Balaban J connectivity index is 1.46. The van der Waals surface area contributed by atoms with E-state index >= 15 is 4.39 Å². The Morgan fingerprint density at radius 3 is 2.68 bits per heavy atom. The number of halogens is 2. The number of amides is 1. The van der Waals surface area contributed by atoms with Crippen LogP contribution in [0.15, 0.2) is 52.9 Å². The minimum atomic E-state index is -0.792. The zero-order valence-corrected chi connectivity index (χ0v) is 22.0. The summed E-state index contributed by atoms with van der Waals surface area (Å²) < 4.78 is 32.3. The Morgan fingerprint density at radius 2 is 2.00 bits per heavy atom. The molecule has 0 N–H and O–H groups in total. The monoisotopic (exact) mass is 516 g/mol. The lowest BCUT2D eigenvalue weighted by molar-refractivity contribution is -0.126. The molecule has 7 nitrogen and oxygen atoms in total. The maximum atomic E-state index is 16.0. The van der Waals surface area contributed by atoms with Gasteiger partial charge in [-0.25, -0.2) is 13.8 Å². The normalized spacial score (nSPS) is 19.5. The highest BCUT2D eigenvalue weighted by Crippen LogP contribution is 2.36. The second-order valence-corrected chi connectivity index (χ2v) is 10.3. The predicted octanol–water partition coefficient (Wildman–Crippen LogP) is 4.29. The second-order valence-electron chi connectivity index (χ2n) is 10.3. The number of likely N-dealkylation sites (tertiary alicyclic amines) is 1. The van der Waals surface area contributed by atoms with Crippen LogP contribution >= 0.6 is 0 Å². The Kier molecular flexibility index (Phi) is 6.84. The highest BCUT2D eigenvalue weighted by molar-refractivity contribution is 6.10. The van der Waals surface area contributed by atoms with Gasteiger partial charge in [-0.2, -0.15) is 10.4 Å². The third-order valence-electron chi connectivity index (χ3n) is 7.78. The SMILES string of the molecule is Cc1c2cc(CCC3C(c4ccc(C#N)c(F)c4)=NC(C(=O)N4CC[C@H](N(C)C)C4)=C3F)ccc2nn1C. The number of aliphatic imine (C=N–C) groups is 1. The molecule has 1 amide bonds. The number of hydrogen-bond acceptors (Lipinski definition) is 5. The number of aromatic nitrogens is 2. The summed E-state index contributed by atoms with van der Waals surface area (Å²) in [6, 6.07) is 12.1. The summed E-state index contributed by atoms with van der Waals surface area (Å²) in [6.45, 7) is 3.04. The van der Waals surface area contributed by atoms with Gasteiger partial charge in [0.15, 0.2) is 5.70 Å². The molecule has 2 aliphatic rings. The first-order valence-electron chi connectivity index (χ1n) is 12.7. The first kappa shape index (κ1) is 25.7. The smallest absolute Gasteiger partial charge is 0.275 e. The van der Waals surface area contributed by atoms with Gasteiger partial charge in [-0.15, -0.1) is 0 Å². The molecule has 2 atom stereocenters. The number of nitriles is 1. The standard InChI is InChI=1S/C29H30F2N6O/c1-17-23-13-18(6-10-25(23)34-36(17)4)5-9-22-26(31)28(29(38)37-12-11-21(16-37)35(2)3)33-27(22)19-7-8-20(15-32)24(30)14-19/h6-8,10,13-14,21-22H,5,9,11-12,16H2,1-4H3/t21-,22?/m0/s1. The first-order chi connectivity index (χ1) is 18.2. The Hall–Kier alpha value is -3.90. The molecule has 2 aromatic carbocycles. The average Bonchev–Trinajstić information content (AvgIpc) is 3.59. The van der Waals surface area contributed by atoms with Gasteiger partial charge in [0.1, 0.15) is 17.7 Å². The van der Waals surface area contributed by atoms with Gasteiger partial charge in [-0.3, -0.25) is 9.48 Å². The van der Waals surface area contributed by atoms with E-state index in [1.54, 1.807) is 17.0 Å². The fourth-order valence-corrected chi connectivity index (χ4v) is 5.32. The number of hydrogen-bond donors (Lipinski definition) is 0. The lowest BCUT2D eigenvalue weighted by atomic mass is 9.90. The van der Waals surface area contributed by atoms with Crippen LogP contribution < -0.4 is 0 Å². The molecule has 1 fully saturated rings. The number of allylic oxidation sites excluding steroid dienone is 1. The second kappa shape index (κ2) is 10.1. The molecule has 0 bridgehead atoms. The van der Waals surface area contributed by atoms with Crippen molar-refractivity contribution >= 4 is 22.5 Å². The zero-order valence-electron chi connectivity index (χ0n) is 22.0. The van der Waals surface area contributed by atoms with Crippen molar-refractivity contribution < 1.29 is 13.6 Å². The lowest BCUT2D eigenvalue weighted by Gasteiger charge is -2.20. The van der Waals surface area contributed by atoms with Crippen LogP contribution in [0.5, 0.6) is 0 Å². The summed E-state index contributed by atoms with van der Waals surface area (Å²) in [7, 11) is 5.82. The van der Waals surface area contributed by atoms with Crippen LogP contribution in [0.2, 0.25) is 0 Å². The molecule has 3 aromatic rings. The summed E-state index contributed by atoms with van der Waals surface area (Å²) in [5.74, 6) is -2.51. The Labute approximate surface area is 220 Å². The van der Waals surface area contributed by atoms with Gasteiger partial charge in [0.25, 0.3) is 5.91 Å². The molecule has 3 heterocycles. The van der Waals surface area contributed by atoms with E-state index in [1.165, 1.54) is 12.1 Å². The van der Waals surface area contributed by atoms with Crippen LogP contribution in [0.3, 0.4) is 0 Å². The first-order valence-corrected chi connectivity index (χ1v) is 12.7. The van der Waals surface area contributed by atoms with Crippen molar-refractivity contribution in [1.29, 1.82) is 5.26 Å². The van der Waals surface area contributed by atoms with Crippen molar-refractivity contribution in [2.45, 2.75) is 32.2 Å². The van der Waals surface area contributed by atoms with Crippen LogP contribution in [-0.2, 0) is 18.3 Å². The van der Waals surface area contributed by atoms with E-state index in [0.717, 1.165) is 28.6 Å². The third kappa shape index (κ3) is 4.61. The van der Waals surface area contributed by atoms with Crippen molar-refractivity contribution in [1.82, 2.24) is 19.6 Å². The summed E-state index contributed by atoms with van der Waals surface area (Å²) in [6.07, 6.45) is 1.70. The maximum Gasteiger partial charge on any atom is 0.275 e. The zero-order chi connectivity index (χ0) is 27.1. The fourth-order valence-electron chi connectivity index (χ4n) is 5.32. The van der Waals surface area contributed by atoms with E-state index in [1.807, 2.05) is 44.9 Å². The number of carbonyl (C=O) groups excluding carboxylic acids is 1. The molecule has 196 valence electrons. The molecule has 1 unspecified atom stereocenters. The minimum absolute atomic E-state index is 0.0967. The molecule has 5 rings (SSSR count). The number of benzene rings is 2. The van der Waals surface area contributed by atoms with E-state index in [-0.39, 0.29) is 17.3 Å². The number of nitrogens with zero attached hydrogens (tertiary/aromatic N) is 6. The topological polar surface area (TPSA) is 77.5 Å². The van der Waals surface area contributed by atoms with E-state index in [2.05, 4.69) is 21.1 Å². The van der Waals surface area contributed by atoms with Crippen LogP contribution in [0.25, 0.3) is 10.9 Å². The summed E-state index contributed by atoms with van der Waals surface area (Å²) in [5.41, 5.74) is 3.34. The number of aryl methyl sites for hydroxylation is 3. The number of carbonyl (C=O) groups is 1. The molecule has 0 saturated carbocycles. The molecule has 1 saturated heterocycles. The molecule has 38 heavy (non-hydrogen) atoms. The van der Waals surface area contributed by atoms with Crippen molar-refractivity contribution in [3.63, 3.8) is 0 Å². The van der Waals surface area contributed by atoms with Crippen LogP contribution in [0, 0.1) is 30.0 Å². The number of rotatable bonds is 6.